The number of aryl methyl sites for hydroxylation is 1. The molecule has 1 atom stereocenters. The fraction of sp³-hybridized carbons (Fsp3) is 0.200. The molecule has 2 amide bonds. The monoisotopic (exact) mass is 395 g/mol. The van der Waals surface area contributed by atoms with Crippen LogP contribution >= 0.6 is 0 Å². The van der Waals surface area contributed by atoms with E-state index < -0.39 is 23.7 Å². The van der Waals surface area contributed by atoms with Crippen molar-refractivity contribution >= 4 is 17.5 Å². The van der Waals surface area contributed by atoms with Crippen molar-refractivity contribution in [2.24, 2.45) is 0 Å². The van der Waals surface area contributed by atoms with Gasteiger partial charge in [-0.15, -0.1) is 5.10 Å². The van der Waals surface area contributed by atoms with Crippen LogP contribution < -0.4 is 15.4 Å². The predicted octanol–water partition coefficient (Wildman–Crippen LogP) is 1.97. The summed E-state index contributed by atoms with van der Waals surface area (Å²) in [6.45, 7) is 1.57. The number of hydrogen-bond donors (Lipinski definition) is 3. The summed E-state index contributed by atoms with van der Waals surface area (Å²) in [5.41, 5.74) is 1.63. The van der Waals surface area contributed by atoms with Crippen molar-refractivity contribution in [2.45, 2.75) is 19.4 Å². The standard InChI is InChI=1S/C20H18FN5O3/c1-11-7-13(21)17-15(8-11)29-10-14(19(27)24-17)22-20(28)18-23-16(25-26-18)9-12-5-3-2-4-6-12/h2-8,14H,9-10H2,1H3,(H,22,28)(H,24,27)(H,23,25,26)/t14-/m1/s1. The molecule has 3 aromatic rings. The zero-order valence-corrected chi connectivity index (χ0v) is 15.5. The fourth-order valence-electron chi connectivity index (χ4n) is 3.00. The van der Waals surface area contributed by atoms with Gasteiger partial charge >= 0.3 is 0 Å². The Bertz CT molecular complexity index is 1070. The van der Waals surface area contributed by atoms with Gasteiger partial charge in [0.1, 0.15) is 29.9 Å². The smallest absolute Gasteiger partial charge is 0.291 e. The van der Waals surface area contributed by atoms with E-state index in [0.717, 1.165) is 5.56 Å². The summed E-state index contributed by atoms with van der Waals surface area (Å²) < 4.78 is 19.6. The Labute approximate surface area is 165 Å². The van der Waals surface area contributed by atoms with Crippen LogP contribution in [-0.2, 0) is 11.2 Å². The number of hydrogen-bond acceptors (Lipinski definition) is 5. The number of halogens is 1. The summed E-state index contributed by atoms with van der Waals surface area (Å²) in [4.78, 5) is 29.0. The largest absolute Gasteiger partial charge is 0.489 e. The molecule has 2 aromatic carbocycles. The van der Waals surface area contributed by atoms with E-state index in [1.165, 1.54) is 6.07 Å². The zero-order chi connectivity index (χ0) is 20.4. The molecule has 148 valence electrons. The van der Waals surface area contributed by atoms with Crippen molar-refractivity contribution in [1.82, 2.24) is 20.5 Å². The number of H-pyrrole nitrogens is 1. The molecule has 3 N–H and O–H groups in total. The van der Waals surface area contributed by atoms with E-state index >= 15 is 0 Å². The molecule has 8 nitrogen and oxygen atoms in total. The molecule has 1 aromatic heterocycles. The van der Waals surface area contributed by atoms with Crippen LogP contribution in [0.4, 0.5) is 10.1 Å². The second-order valence-electron chi connectivity index (χ2n) is 6.71. The Morgan fingerprint density at radius 2 is 2.10 bits per heavy atom. The van der Waals surface area contributed by atoms with Crippen LogP contribution in [0.1, 0.15) is 27.6 Å². The molecule has 1 aliphatic rings. The van der Waals surface area contributed by atoms with Crippen molar-refractivity contribution in [3.05, 3.63) is 71.1 Å². The number of anilines is 1. The van der Waals surface area contributed by atoms with Gasteiger partial charge in [-0.2, -0.15) is 0 Å². The van der Waals surface area contributed by atoms with Gasteiger partial charge in [0.05, 0.1) is 0 Å². The molecule has 0 spiro atoms. The lowest BCUT2D eigenvalue weighted by Crippen LogP contribution is -2.46. The third-order valence-electron chi connectivity index (χ3n) is 4.42. The minimum absolute atomic E-state index is 0.0413. The Morgan fingerprint density at radius 1 is 1.31 bits per heavy atom. The molecule has 4 rings (SSSR count). The Balaban J connectivity index is 1.44. The van der Waals surface area contributed by atoms with Gasteiger partial charge in [0, 0.05) is 6.42 Å². The molecule has 0 unspecified atom stereocenters. The molecule has 0 saturated heterocycles. The first-order valence-corrected chi connectivity index (χ1v) is 8.99. The maximum Gasteiger partial charge on any atom is 0.291 e. The highest BCUT2D eigenvalue weighted by Gasteiger charge is 2.29. The second-order valence-corrected chi connectivity index (χ2v) is 6.71. The minimum atomic E-state index is -1.02. The number of rotatable bonds is 4. The van der Waals surface area contributed by atoms with Crippen molar-refractivity contribution < 1.29 is 18.7 Å². The molecular weight excluding hydrogens is 377 g/mol. The van der Waals surface area contributed by atoms with E-state index in [1.807, 2.05) is 30.3 Å². The first kappa shape index (κ1) is 18.6. The van der Waals surface area contributed by atoms with Gasteiger partial charge in [0.25, 0.3) is 11.8 Å². The molecule has 0 saturated carbocycles. The van der Waals surface area contributed by atoms with Gasteiger partial charge in [-0.25, -0.2) is 9.37 Å². The van der Waals surface area contributed by atoms with Crippen LogP contribution in [0.5, 0.6) is 5.75 Å². The van der Waals surface area contributed by atoms with Crippen molar-refractivity contribution in [3.63, 3.8) is 0 Å². The topological polar surface area (TPSA) is 109 Å². The van der Waals surface area contributed by atoms with Gasteiger partial charge in [-0.1, -0.05) is 30.3 Å². The van der Waals surface area contributed by atoms with Crippen molar-refractivity contribution in [1.29, 1.82) is 0 Å². The summed E-state index contributed by atoms with van der Waals surface area (Å²) in [6.07, 6.45) is 0.488. The van der Waals surface area contributed by atoms with Gasteiger partial charge in [-0.3, -0.25) is 14.7 Å². The third kappa shape index (κ3) is 4.08. The van der Waals surface area contributed by atoms with Gasteiger partial charge < -0.3 is 15.4 Å². The number of aromatic amines is 1. The van der Waals surface area contributed by atoms with E-state index in [4.69, 9.17) is 4.74 Å². The highest BCUT2D eigenvalue weighted by atomic mass is 19.1. The molecular formula is C20H18FN5O3. The Kier molecular flexibility index (Phi) is 4.94. The summed E-state index contributed by atoms with van der Waals surface area (Å²) in [7, 11) is 0. The average molecular weight is 395 g/mol. The number of fused-ring (bicyclic) bond motifs is 1. The van der Waals surface area contributed by atoms with Crippen LogP contribution in [-0.4, -0.2) is 39.6 Å². The quantitative estimate of drug-likeness (QED) is 0.626. The fourth-order valence-corrected chi connectivity index (χ4v) is 3.00. The lowest BCUT2D eigenvalue weighted by atomic mass is 10.1. The SMILES string of the molecule is Cc1cc(F)c2c(c1)OC[C@@H](NC(=O)c1n[nH]c(Cc3ccccc3)n1)C(=O)N2. The lowest BCUT2D eigenvalue weighted by Gasteiger charge is -2.13. The molecule has 0 fully saturated rings. The second kappa shape index (κ2) is 7.70. The van der Waals surface area contributed by atoms with E-state index in [-0.39, 0.29) is 23.9 Å². The Hall–Kier alpha value is -3.75. The number of ether oxygens (including phenoxy) is 1. The molecule has 1 aliphatic heterocycles. The third-order valence-corrected chi connectivity index (χ3v) is 4.42. The predicted molar refractivity (Wildman–Crippen MR) is 102 cm³/mol. The number of aromatic nitrogens is 3. The van der Waals surface area contributed by atoms with Crippen LogP contribution in [0.2, 0.25) is 0 Å². The molecule has 29 heavy (non-hydrogen) atoms. The first-order chi connectivity index (χ1) is 14.0. The van der Waals surface area contributed by atoms with Crippen molar-refractivity contribution in [3.8, 4) is 5.75 Å². The number of nitrogens with zero attached hydrogens (tertiary/aromatic N) is 2. The van der Waals surface area contributed by atoms with E-state index in [1.54, 1.807) is 13.0 Å². The number of amides is 2. The summed E-state index contributed by atoms with van der Waals surface area (Å²) >= 11 is 0. The van der Waals surface area contributed by atoms with Crippen molar-refractivity contribution in [2.75, 3.05) is 11.9 Å². The maximum absolute atomic E-state index is 14.1. The molecule has 0 radical (unpaired) electrons. The van der Waals surface area contributed by atoms with Crippen LogP contribution in [0, 0.1) is 12.7 Å². The highest BCUT2D eigenvalue weighted by molar-refractivity contribution is 6.01. The van der Waals surface area contributed by atoms with Crippen LogP contribution in [0.25, 0.3) is 0 Å². The summed E-state index contributed by atoms with van der Waals surface area (Å²) in [6, 6.07) is 11.5. The number of nitrogens with one attached hydrogen (secondary N) is 3. The average Bonchev–Trinajstić information content (AvgIpc) is 3.10. The summed E-state index contributed by atoms with van der Waals surface area (Å²) in [5.74, 6) is -1.16. The van der Waals surface area contributed by atoms with E-state index in [9.17, 15) is 14.0 Å². The number of benzene rings is 2. The minimum Gasteiger partial charge on any atom is -0.489 e. The molecule has 0 aliphatic carbocycles. The number of carbonyl (C=O) groups excluding carboxylic acids is 2. The van der Waals surface area contributed by atoms with E-state index in [0.29, 0.717) is 17.8 Å². The van der Waals surface area contributed by atoms with Gasteiger partial charge in [0.15, 0.2) is 5.82 Å². The highest BCUT2D eigenvalue weighted by Crippen LogP contribution is 2.31. The normalized spacial score (nSPS) is 15.7. The summed E-state index contributed by atoms with van der Waals surface area (Å²) in [5, 5.41) is 11.6. The lowest BCUT2D eigenvalue weighted by molar-refractivity contribution is -0.118. The van der Waals surface area contributed by atoms with E-state index in [2.05, 4.69) is 25.8 Å². The Morgan fingerprint density at radius 3 is 2.90 bits per heavy atom. The maximum atomic E-state index is 14.1. The van der Waals surface area contributed by atoms with Crippen LogP contribution in [0.15, 0.2) is 42.5 Å². The van der Waals surface area contributed by atoms with Crippen LogP contribution in [0.3, 0.4) is 0 Å². The molecule has 9 heteroatoms. The van der Waals surface area contributed by atoms with Gasteiger partial charge in [-0.05, 0) is 30.2 Å². The molecule has 2 heterocycles. The first-order valence-electron chi connectivity index (χ1n) is 8.99. The number of carbonyl (C=O) groups is 2. The molecule has 0 bridgehead atoms. The van der Waals surface area contributed by atoms with Gasteiger partial charge in [0.2, 0.25) is 5.82 Å². The zero-order valence-electron chi connectivity index (χ0n) is 15.5.